The van der Waals surface area contributed by atoms with Gasteiger partial charge in [0.15, 0.2) is 6.10 Å². The van der Waals surface area contributed by atoms with Crippen molar-refractivity contribution in [1.29, 1.82) is 0 Å². The summed E-state index contributed by atoms with van der Waals surface area (Å²) in [4.78, 5) is 46.7. The number of methoxy groups -OCH3 is 2. The number of hydroxylamine groups is 1. The number of ether oxygens (including phenoxy) is 3. The lowest BCUT2D eigenvalue weighted by atomic mass is 9.90. The second-order valence-corrected chi connectivity index (χ2v) is 8.55. The zero-order valence-electron chi connectivity index (χ0n) is 20.6. The summed E-state index contributed by atoms with van der Waals surface area (Å²) < 4.78 is 16.0. The highest BCUT2D eigenvalue weighted by atomic mass is 16.7. The number of imide groups is 1. The van der Waals surface area contributed by atoms with E-state index in [0.29, 0.717) is 34.0 Å². The summed E-state index contributed by atoms with van der Waals surface area (Å²) in [5.41, 5.74) is 2.07. The lowest BCUT2D eigenvalue weighted by molar-refractivity contribution is -0.126. The quantitative estimate of drug-likeness (QED) is 0.354. The number of carbonyl (C=O) groups is 3. The Bertz CT molecular complexity index is 1330. The van der Waals surface area contributed by atoms with Crippen LogP contribution < -0.4 is 19.4 Å². The fourth-order valence-corrected chi connectivity index (χ4v) is 4.81. The number of hydrogen-bond acceptors (Lipinski definition) is 8. The van der Waals surface area contributed by atoms with Gasteiger partial charge in [-0.2, -0.15) is 0 Å². The smallest absolute Gasteiger partial charge is 0.338 e. The van der Waals surface area contributed by atoms with Crippen LogP contribution in [-0.4, -0.2) is 44.7 Å². The van der Waals surface area contributed by atoms with Crippen molar-refractivity contribution in [3.8, 4) is 11.5 Å². The minimum absolute atomic E-state index is 0.249. The van der Waals surface area contributed by atoms with Gasteiger partial charge < -0.3 is 14.2 Å². The number of carbonyl (C=O) groups excluding carboxylic acids is 3. The molecule has 2 saturated heterocycles. The summed E-state index contributed by atoms with van der Waals surface area (Å²) in [6, 6.07) is 20.2. The molecule has 37 heavy (non-hydrogen) atoms. The van der Waals surface area contributed by atoms with Crippen LogP contribution in [0.1, 0.15) is 28.9 Å². The first-order chi connectivity index (χ1) is 18.0. The lowest BCUT2D eigenvalue weighted by Gasteiger charge is -2.29. The number of benzene rings is 3. The molecule has 0 bridgehead atoms. The van der Waals surface area contributed by atoms with Gasteiger partial charge in [-0.3, -0.25) is 14.4 Å². The van der Waals surface area contributed by atoms with Gasteiger partial charge in [0.25, 0.3) is 5.91 Å². The number of anilines is 2. The van der Waals surface area contributed by atoms with E-state index in [1.54, 1.807) is 43.4 Å². The molecule has 2 aliphatic heterocycles. The van der Waals surface area contributed by atoms with Gasteiger partial charge in [0, 0.05) is 11.6 Å². The average molecular weight is 503 g/mol. The molecule has 3 aromatic rings. The zero-order valence-corrected chi connectivity index (χ0v) is 20.6. The molecule has 2 heterocycles. The molecular formula is C28H26N2O7. The van der Waals surface area contributed by atoms with E-state index >= 15 is 0 Å². The summed E-state index contributed by atoms with van der Waals surface area (Å²) in [5, 5.41) is 1.61. The third-order valence-electron chi connectivity index (χ3n) is 6.52. The third-order valence-corrected chi connectivity index (χ3v) is 6.52. The molecule has 2 fully saturated rings. The predicted molar refractivity (Wildman–Crippen MR) is 134 cm³/mol. The molecule has 0 unspecified atom stereocenters. The zero-order chi connectivity index (χ0) is 26.1. The molecule has 5 rings (SSSR count). The van der Waals surface area contributed by atoms with Crippen molar-refractivity contribution in [2.24, 2.45) is 5.92 Å². The molecule has 2 aliphatic rings. The summed E-state index contributed by atoms with van der Waals surface area (Å²) in [7, 11) is 3.10. The van der Waals surface area contributed by atoms with E-state index in [-0.39, 0.29) is 6.61 Å². The van der Waals surface area contributed by atoms with Crippen molar-refractivity contribution in [1.82, 2.24) is 0 Å². The van der Waals surface area contributed by atoms with Gasteiger partial charge in [-0.05, 0) is 55.5 Å². The summed E-state index contributed by atoms with van der Waals surface area (Å²) >= 11 is 0. The molecule has 0 aromatic heterocycles. The molecule has 0 N–H and O–H groups in total. The monoisotopic (exact) mass is 502 g/mol. The first kappa shape index (κ1) is 24.3. The maximum Gasteiger partial charge on any atom is 0.338 e. The molecule has 9 nitrogen and oxygen atoms in total. The Kier molecular flexibility index (Phi) is 6.54. The normalized spacial score (nSPS) is 20.7. The highest BCUT2D eigenvalue weighted by molar-refractivity contribution is 6.24. The van der Waals surface area contributed by atoms with E-state index in [2.05, 4.69) is 0 Å². The fourth-order valence-electron chi connectivity index (χ4n) is 4.81. The molecule has 0 spiro atoms. The van der Waals surface area contributed by atoms with E-state index in [0.717, 1.165) is 4.90 Å². The largest absolute Gasteiger partial charge is 0.497 e. The second-order valence-electron chi connectivity index (χ2n) is 8.55. The Morgan fingerprint density at radius 3 is 2.27 bits per heavy atom. The van der Waals surface area contributed by atoms with E-state index in [1.165, 1.54) is 19.2 Å². The Balaban J connectivity index is 1.54. The van der Waals surface area contributed by atoms with Crippen molar-refractivity contribution in [2.45, 2.75) is 19.1 Å². The second kappa shape index (κ2) is 9.94. The maximum atomic E-state index is 13.8. The van der Waals surface area contributed by atoms with Crippen molar-refractivity contribution >= 4 is 29.2 Å². The Hall–Kier alpha value is -4.37. The number of fused-ring (bicyclic) bond motifs is 1. The van der Waals surface area contributed by atoms with Gasteiger partial charge in [-0.1, -0.05) is 18.2 Å². The Labute approximate surface area is 214 Å². The van der Waals surface area contributed by atoms with Crippen LogP contribution in [0.5, 0.6) is 11.5 Å². The van der Waals surface area contributed by atoms with Gasteiger partial charge in [0.2, 0.25) is 5.91 Å². The van der Waals surface area contributed by atoms with Crippen molar-refractivity contribution in [2.75, 3.05) is 30.8 Å². The molecule has 3 aromatic carbocycles. The molecule has 3 atom stereocenters. The predicted octanol–water partition coefficient (Wildman–Crippen LogP) is 3.93. The van der Waals surface area contributed by atoms with Crippen LogP contribution in [0.2, 0.25) is 0 Å². The molecule has 9 heteroatoms. The third kappa shape index (κ3) is 4.17. The highest BCUT2D eigenvalue weighted by Crippen LogP contribution is 2.49. The number of nitrogens with zero attached hydrogens (tertiary/aromatic N) is 2. The van der Waals surface area contributed by atoms with Crippen molar-refractivity contribution in [3.05, 3.63) is 83.9 Å². The Morgan fingerprint density at radius 2 is 1.62 bits per heavy atom. The van der Waals surface area contributed by atoms with Crippen LogP contribution in [0.3, 0.4) is 0 Å². The maximum absolute atomic E-state index is 13.8. The molecule has 2 amide bonds. The number of amides is 2. The summed E-state index contributed by atoms with van der Waals surface area (Å²) in [5.74, 6) is -1.08. The van der Waals surface area contributed by atoms with E-state index in [4.69, 9.17) is 19.0 Å². The first-order valence-corrected chi connectivity index (χ1v) is 11.9. The van der Waals surface area contributed by atoms with E-state index in [9.17, 15) is 14.4 Å². The number of para-hydroxylation sites is 1. The first-order valence-electron chi connectivity index (χ1n) is 11.9. The minimum Gasteiger partial charge on any atom is -0.497 e. The van der Waals surface area contributed by atoms with E-state index < -0.39 is 35.8 Å². The van der Waals surface area contributed by atoms with Crippen molar-refractivity contribution < 1.29 is 33.4 Å². The number of hydrogen-bond donors (Lipinski definition) is 0. The summed E-state index contributed by atoms with van der Waals surface area (Å²) in [6.45, 7) is 1.97. The molecule has 0 aliphatic carbocycles. The van der Waals surface area contributed by atoms with Crippen LogP contribution in [0.15, 0.2) is 72.8 Å². The van der Waals surface area contributed by atoms with Gasteiger partial charge in [-0.25, -0.2) is 14.8 Å². The standard InChI is InChI=1S/C28H26N2O7/c1-4-36-28(33)17-10-12-18(13-11-17)29-26(31)23-24(21-15-14-20(34-2)16-22(21)35-3)30(37-25(23)27(29)32)19-8-6-5-7-9-19/h5-16,23-25H,4H2,1-3H3/t23-,24+,25-/m1/s1. The van der Waals surface area contributed by atoms with Crippen LogP contribution in [-0.2, 0) is 19.2 Å². The number of rotatable bonds is 7. The average Bonchev–Trinajstić information content (AvgIpc) is 3.44. The molecular weight excluding hydrogens is 476 g/mol. The lowest BCUT2D eigenvalue weighted by Crippen LogP contribution is -2.37. The molecule has 0 radical (unpaired) electrons. The van der Waals surface area contributed by atoms with Gasteiger partial charge in [0.1, 0.15) is 17.4 Å². The summed E-state index contributed by atoms with van der Waals surface area (Å²) in [6.07, 6.45) is -1.03. The van der Waals surface area contributed by atoms with Crippen LogP contribution in [0.4, 0.5) is 11.4 Å². The highest BCUT2D eigenvalue weighted by Gasteiger charge is 2.60. The van der Waals surface area contributed by atoms with Gasteiger partial charge in [0.05, 0.1) is 43.8 Å². The van der Waals surface area contributed by atoms with Crippen LogP contribution >= 0.6 is 0 Å². The fraction of sp³-hybridized carbons (Fsp3) is 0.250. The molecule has 190 valence electrons. The van der Waals surface area contributed by atoms with Crippen LogP contribution in [0, 0.1) is 5.92 Å². The van der Waals surface area contributed by atoms with Gasteiger partial charge in [-0.15, -0.1) is 0 Å². The minimum atomic E-state index is -1.03. The molecule has 0 saturated carbocycles. The van der Waals surface area contributed by atoms with Crippen LogP contribution in [0.25, 0.3) is 0 Å². The van der Waals surface area contributed by atoms with Gasteiger partial charge >= 0.3 is 5.97 Å². The Morgan fingerprint density at radius 1 is 0.892 bits per heavy atom. The van der Waals surface area contributed by atoms with E-state index in [1.807, 2.05) is 36.4 Å². The topological polar surface area (TPSA) is 94.6 Å². The SMILES string of the molecule is CCOC(=O)c1ccc(N2C(=O)[C@H]3[C@@H](ON(c4ccccc4)[C@H]3c3ccc(OC)cc3OC)C2=O)cc1. The van der Waals surface area contributed by atoms with Crippen molar-refractivity contribution in [3.63, 3.8) is 0 Å². The number of esters is 1.